The van der Waals surface area contributed by atoms with Crippen molar-refractivity contribution in [1.82, 2.24) is 0 Å². The van der Waals surface area contributed by atoms with Crippen molar-refractivity contribution in [2.24, 2.45) is 0 Å². The van der Waals surface area contributed by atoms with Crippen LogP contribution in [-0.4, -0.2) is 19.1 Å². The fourth-order valence-corrected chi connectivity index (χ4v) is 2.97. The third kappa shape index (κ3) is 4.02. The zero-order chi connectivity index (χ0) is 20.6. The van der Waals surface area contributed by atoms with Crippen LogP contribution in [0.15, 0.2) is 52.9 Å². The first kappa shape index (κ1) is 19.2. The minimum absolute atomic E-state index is 0.0960. The molecule has 2 aromatic carbocycles. The maximum Gasteiger partial charge on any atom is 0.450 e. The summed E-state index contributed by atoms with van der Waals surface area (Å²) in [4.78, 5) is 12.6. The summed E-state index contributed by atoms with van der Waals surface area (Å²) in [5.74, 6) is -1.53. The quantitative estimate of drug-likeness (QED) is 0.592. The van der Waals surface area contributed by atoms with Crippen molar-refractivity contribution in [2.45, 2.75) is 6.18 Å². The minimum Gasteiger partial charge on any atom is -0.486 e. The van der Waals surface area contributed by atoms with Crippen molar-refractivity contribution in [3.05, 3.63) is 64.9 Å². The van der Waals surface area contributed by atoms with Gasteiger partial charge >= 0.3 is 6.18 Å². The fourth-order valence-electron chi connectivity index (χ4n) is 2.85. The molecule has 3 aromatic rings. The predicted molar refractivity (Wildman–Crippen MR) is 99.5 cm³/mol. The largest absolute Gasteiger partial charge is 0.486 e. The first-order valence-corrected chi connectivity index (χ1v) is 8.87. The molecule has 0 aliphatic carbocycles. The van der Waals surface area contributed by atoms with Crippen molar-refractivity contribution >= 4 is 23.2 Å². The molecule has 2 heterocycles. The number of benzene rings is 2. The smallest absolute Gasteiger partial charge is 0.450 e. The number of nitrogens with one attached hydrogen (secondary N) is 1. The van der Waals surface area contributed by atoms with E-state index in [1.165, 1.54) is 36.4 Å². The summed E-state index contributed by atoms with van der Waals surface area (Å²) in [5.41, 5.74) is -0.00256. The zero-order valence-corrected chi connectivity index (χ0v) is 15.4. The van der Waals surface area contributed by atoms with Gasteiger partial charge in [0.25, 0.3) is 5.91 Å². The van der Waals surface area contributed by atoms with Gasteiger partial charge in [0.2, 0.25) is 5.76 Å². The van der Waals surface area contributed by atoms with E-state index in [1.54, 1.807) is 6.07 Å². The SMILES string of the molecule is O=C(Nc1ccc2c(c1)OCCO2)c1cc(-c2ccc(Cl)cc2)oc1C(F)(F)F. The number of hydrogen-bond donors (Lipinski definition) is 1. The van der Waals surface area contributed by atoms with Gasteiger partial charge in [0, 0.05) is 22.3 Å². The number of carbonyl (C=O) groups is 1. The maximum absolute atomic E-state index is 13.4. The molecular weight excluding hydrogens is 411 g/mol. The van der Waals surface area contributed by atoms with E-state index in [0.29, 0.717) is 35.3 Å². The predicted octanol–water partition coefficient (Wildman–Crippen LogP) is 5.64. The molecule has 1 aliphatic rings. The number of carbonyl (C=O) groups excluding carboxylic acids is 1. The van der Waals surface area contributed by atoms with Gasteiger partial charge in [-0.3, -0.25) is 4.79 Å². The van der Waals surface area contributed by atoms with Crippen molar-refractivity contribution in [1.29, 1.82) is 0 Å². The van der Waals surface area contributed by atoms with Crippen LogP contribution in [0.2, 0.25) is 5.02 Å². The zero-order valence-electron chi connectivity index (χ0n) is 14.7. The van der Waals surface area contributed by atoms with Gasteiger partial charge in [-0.1, -0.05) is 11.6 Å². The van der Waals surface area contributed by atoms with E-state index in [2.05, 4.69) is 5.32 Å². The fraction of sp³-hybridized carbons (Fsp3) is 0.150. The molecule has 9 heteroatoms. The Kier molecular flexibility index (Phi) is 4.87. The van der Waals surface area contributed by atoms with E-state index in [1.807, 2.05) is 0 Å². The lowest BCUT2D eigenvalue weighted by Crippen LogP contribution is -2.18. The van der Waals surface area contributed by atoms with Gasteiger partial charge in [-0.05, 0) is 42.5 Å². The van der Waals surface area contributed by atoms with Gasteiger partial charge in [0.15, 0.2) is 11.5 Å². The number of anilines is 1. The van der Waals surface area contributed by atoms with E-state index in [0.717, 1.165) is 6.07 Å². The first-order chi connectivity index (χ1) is 13.8. The van der Waals surface area contributed by atoms with Crippen LogP contribution in [-0.2, 0) is 6.18 Å². The van der Waals surface area contributed by atoms with Crippen molar-refractivity contribution in [3.8, 4) is 22.8 Å². The molecule has 0 saturated heterocycles. The average molecular weight is 424 g/mol. The summed E-state index contributed by atoms with van der Waals surface area (Å²) in [6.45, 7) is 0.741. The van der Waals surface area contributed by atoms with Crippen molar-refractivity contribution < 1.29 is 31.9 Å². The van der Waals surface area contributed by atoms with E-state index in [4.69, 9.17) is 25.5 Å². The highest BCUT2D eigenvalue weighted by molar-refractivity contribution is 6.30. The van der Waals surface area contributed by atoms with Crippen LogP contribution < -0.4 is 14.8 Å². The lowest BCUT2D eigenvalue weighted by Gasteiger charge is -2.19. The van der Waals surface area contributed by atoms with Crippen LogP contribution in [0.25, 0.3) is 11.3 Å². The lowest BCUT2D eigenvalue weighted by molar-refractivity contribution is -0.153. The Bertz CT molecular complexity index is 1060. The molecule has 0 spiro atoms. The number of hydrogen-bond acceptors (Lipinski definition) is 4. The molecule has 0 bridgehead atoms. The second kappa shape index (κ2) is 7.36. The van der Waals surface area contributed by atoms with Gasteiger partial charge in [0.1, 0.15) is 19.0 Å². The molecule has 1 aromatic heterocycles. The summed E-state index contributed by atoms with van der Waals surface area (Å²) in [6, 6.07) is 11.7. The molecule has 0 radical (unpaired) electrons. The third-order valence-electron chi connectivity index (χ3n) is 4.16. The van der Waals surface area contributed by atoms with Gasteiger partial charge < -0.3 is 19.2 Å². The Hall–Kier alpha value is -3.13. The second-order valence-corrected chi connectivity index (χ2v) is 6.61. The highest BCUT2D eigenvalue weighted by Gasteiger charge is 2.40. The number of amides is 1. The van der Waals surface area contributed by atoms with Crippen LogP contribution in [0.4, 0.5) is 18.9 Å². The summed E-state index contributed by atoms with van der Waals surface area (Å²) >= 11 is 5.81. The molecule has 4 rings (SSSR count). The van der Waals surface area contributed by atoms with Gasteiger partial charge in [-0.25, -0.2) is 0 Å². The molecule has 0 saturated carbocycles. The molecule has 0 unspecified atom stereocenters. The summed E-state index contributed by atoms with van der Waals surface area (Å²) in [6.07, 6.45) is -4.84. The number of alkyl halides is 3. The van der Waals surface area contributed by atoms with Crippen LogP contribution in [0.1, 0.15) is 16.1 Å². The first-order valence-electron chi connectivity index (χ1n) is 8.49. The van der Waals surface area contributed by atoms with Crippen LogP contribution in [0, 0.1) is 0 Å². The summed E-state index contributed by atoms with van der Waals surface area (Å²) < 4.78 is 56.1. The molecule has 0 atom stereocenters. The van der Waals surface area contributed by atoms with Crippen molar-refractivity contribution in [2.75, 3.05) is 18.5 Å². The van der Waals surface area contributed by atoms with Crippen molar-refractivity contribution in [3.63, 3.8) is 0 Å². The second-order valence-electron chi connectivity index (χ2n) is 6.17. The number of furan rings is 1. The number of halogens is 4. The highest BCUT2D eigenvalue weighted by Crippen LogP contribution is 2.38. The van der Waals surface area contributed by atoms with Gasteiger partial charge in [-0.2, -0.15) is 13.2 Å². The summed E-state index contributed by atoms with van der Waals surface area (Å²) in [7, 11) is 0. The Morgan fingerprint density at radius 2 is 1.66 bits per heavy atom. The molecule has 5 nitrogen and oxygen atoms in total. The Morgan fingerprint density at radius 1 is 0.966 bits per heavy atom. The normalized spacial score (nSPS) is 13.2. The third-order valence-corrected chi connectivity index (χ3v) is 4.41. The molecule has 150 valence electrons. The van der Waals surface area contributed by atoms with E-state index < -0.39 is 23.4 Å². The molecular formula is C20H13ClF3NO4. The lowest BCUT2D eigenvalue weighted by atomic mass is 10.1. The monoisotopic (exact) mass is 423 g/mol. The number of ether oxygens (including phenoxy) is 2. The Morgan fingerprint density at radius 3 is 2.34 bits per heavy atom. The summed E-state index contributed by atoms with van der Waals surface area (Å²) in [5, 5.41) is 2.86. The maximum atomic E-state index is 13.4. The molecule has 0 fully saturated rings. The standard InChI is InChI=1S/C20H13ClF3NO4/c21-12-3-1-11(2-4-12)16-10-14(18(29-16)20(22,23)24)19(26)25-13-5-6-15-17(9-13)28-8-7-27-15/h1-6,9-10H,7-8H2,(H,25,26). The van der Waals surface area contributed by atoms with Gasteiger partial charge in [0.05, 0.1) is 5.56 Å². The molecule has 1 aliphatic heterocycles. The molecule has 1 amide bonds. The van der Waals surface area contributed by atoms with Crippen LogP contribution in [0.3, 0.4) is 0 Å². The molecule has 29 heavy (non-hydrogen) atoms. The Labute approximate surface area is 168 Å². The van der Waals surface area contributed by atoms with E-state index in [9.17, 15) is 18.0 Å². The van der Waals surface area contributed by atoms with Crippen LogP contribution in [0.5, 0.6) is 11.5 Å². The number of fused-ring (bicyclic) bond motifs is 1. The Balaban J connectivity index is 1.66. The molecule has 1 N–H and O–H groups in total. The van der Waals surface area contributed by atoms with Gasteiger partial charge in [-0.15, -0.1) is 0 Å². The number of rotatable bonds is 3. The topological polar surface area (TPSA) is 60.7 Å². The van der Waals surface area contributed by atoms with Crippen LogP contribution >= 0.6 is 11.6 Å². The average Bonchev–Trinajstić information content (AvgIpc) is 3.15. The van der Waals surface area contributed by atoms with E-state index in [-0.39, 0.29) is 11.4 Å². The highest BCUT2D eigenvalue weighted by atomic mass is 35.5. The van der Waals surface area contributed by atoms with E-state index >= 15 is 0 Å². The minimum atomic E-state index is -4.84.